The lowest BCUT2D eigenvalue weighted by Gasteiger charge is -2.12. The van der Waals surface area contributed by atoms with E-state index >= 15 is 0 Å². The van der Waals surface area contributed by atoms with Crippen molar-refractivity contribution in [1.29, 1.82) is 0 Å². The number of rotatable bonds is 10. The third kappa shape index (κ3) is 8.36. The van der Waals surface area contributed by atoms with Crippen LogP contribution in [0.25, 0.3) is 10.8 Å². The van der Waals surface area contributed by atoms with Crippen molar-refractivity contribution in [3.05, 3.63) is 72.7 Å². The molecule has 0 aliphatic rings. The summed E-state index contributed by atoms with van der Waals surface area (Å²) in [4.78, 5) is 2.38. The van der Waals surface area contributed by atoms with E-state index in [9.17, 15) is 60.7 Å². The van der Waals surface area contributed by atoms with Gasteiger partial charge in [0.1, 0.15) is 48.1 Å². The monoisotopic (exact) mass is 815 g/mol. The molecule has 0 spiro atoms. The molecule has 0 aliphatic heterocycles. The lowest BCUT2D eigenvalue weighted by Crippen LogP contribution is -2.05. The van der Waals surface area contributed by atoms with Crippen LogP contribution >= 0.6 is 0 Å². The van der Waals surface area contributed by atoms with Gasteiger partial charge in [0.2, 0.25) is 5.95 Å². The van der Waals surface area contributed by atoms with Crippen molar-refractivity contribution in [3.8, 4) is 0 Å². The fourth-order valence-corrected chi connectivity index (χ4v) is 7.41. The first-order valence-electron chi connectivity index (χ1n) is 13.6. The number of anilines is 4. The summed E-state index contributed by atoms with van der Waals surface area (Å²) in [5.74, 6) is -1.70. The zero-order chi connectivity index (χ0) is 39.3. The Labute approximate surface area is 296 Å². The summed E-state index contributed by atoms with van der Waals surface area (Å²) < 4.78 is 163. The van der Waals surface area contributed by atoms with Crippen molar-refractivity contribution < 1.29 is 60.7 Å². The summed E-state index contributed by atoms with van der Waals surface area (Å²) >= 11 is 0. The average molecular weight is 816 g/mol. The van der Waals surface area contributed by atoms with Crippen molar-refractivity contribution in [1.82, 2.24) is 9.97 Å². The molecule has 5 aromatic rings. The molecule has 0 amide bonds. The molecule has 0 bridgehead atoms. The van der Waals surface area contributed by atoms with E-state index in [0.717, 1.165) is 48.5 Å². The molecule has 1 heterocycles. The topological polar surface area (TPSA) is 357 Å². The average Bonchev–Trinajstić information content (AvgIpc) is 3.01. The number of halogens is 2. The van der Waals surface area contributed by atoms with Gasteiger partial charge in [-0.25, -0.2) is 0 Å². The Hall–Kier alpha value is -5.68. The molecule has 1 aromatic heterocycles. The van der Waals surface area contributed by atoms with Gasteiger partial charge in [0.05, 0.1) is 11.4 Å². The van der Waals surface area contributed by atoms with Crippen LogP contribution in [0.1, 0.15) is 0 Å². The number of fused-ring (bicyclic) bond motifs is 1. The number of azo groups is 2. The smallest absolute Gasteiger partial charge is 0.313 e. The number of nitrogens with zero attached hydrogens (tertiary/aromatic N) is 6. The molecule has 0 radical (unpaired) electrons. The van der Waals surface area contributed by atoms with Crippen molar-refractivity contribution in [2.45, 2.75) is 19.6 Å². The zero-order valence-electron chi connectivity index (χ0n) is 25.6. The minimum absolute atomic E-state index is 0.129. The van der Waals surface area contributed by atoms with Crippen LogP contribution in [-0.2, 0) is 40.5 Å². The van der Waals surface area contributed by atoms with E-state index in [1.807, 2.05) is 0 Å². The van der Waals surface area contributed by atoms with E-state index in [1.54, 1.807) is 0 Å². The largest absolute Gasteiger partial charge is 0.396 e. The van der Waals surface area contributed by atoms with Gasteiger partial charge in [-0.3, -0.25) is 18.2 Å². The van der Waals surface area contributed by atoms with Gasteiger partial charge in [-0.05, 0) is 36.4 Å². The van der Waals surface area contributed by atoms with Crippen molar-refractivity contribution in [2.75, 3.05) is 16.8 Å². The molecule has 5 rings (SSSR count). The third-order valence-electron chi connectivity index (χ3n) is 6.78. The fraction of sp³-hybridized carbons (Fsp3) is 0. The molecule has 53 heavy (non-hydrogen) atoms. The van der Waals surface area contributed by atoms with Gasteiger partial charge in [-0.1, -0.05) is 18.2 Å². The van der Waals surface area contributed by atoms with Crippen LogP contribution in [0.4, 0.5) is 54.4 Å². The Balaban J connectivity index is 1.67. The van der Waals surface area contributed by atoms with Gasteiger partial charge in [-0.15, -0.1) is 20.5 Å². The second-order valence-electron chi connectivity index (χ2n) is 10.3. The highest BCUT2D eigenvalue weighted by Gasteiger charge is 2.26. The Morgan fingerprint density at radius 3 is 1.81 bits per heavy atom. The van der Waals surface area contributed by atoms with E-state index in [4.69, 9.17) is 11.5 Å². The van der Waals surface area contributed by atoms with Crippen LogP contribution in [-0.4, -0.2) is 61.9 Å². The second-order valence-corrected chi connectivity index (χ2v) is 15.8. The van der Waals surface area contributed by atoms with E-state index in [-0.39, 0.29) is 11.1 Å². The van der Waals surface area contributed by atoms with Gasteiger partial charge in [0, 0.05) is 22.5 Å². The van der Waals surface area contributed by atoms with Gasteiger partial charge in [-0.2, -0.15) is 52.4 Å². The van der Waals surface area contributed by atoms with Gasteiger partial charge in [0.25, 0.3) is 40.5 Å². The molecule has 0 aliphatic carbocycles. The maximum atomic E-state index is 13.6. The molecular weight excluding hydrogens is 797 g/mol. The van der Waals surface area contributed by atoms with E-state index < -0.39 is 117 Å². The molecule has 0 unspecified atom stereocenters. The van der Waals surface area contributed by atoms with E-state index in [0.29, 0.717) is 12.1 Å². The van der Waals surface area contributed by atoms with Crippen LogP contribution in [0.2, 0.25) is 0 Å². The third-order valence-corrected chi connectivity index (χ3v) is 10.4. The highest BCUT2D eigenvalue weighted by Crippen LogP contribution is 2.44. The molecule has 21 nitrogen and oxygen atoms in total. The minimum Gasteiger partial charge on any atom is -0.396 e. The highest BCUT2D eigenvalue weighted by atomic mass is 32.2. The molecule has 0 fully saturated rings. The van der Waals surface area contributed by atoms with Crippen LogP contribution < -0.4 is 16.8 Å². The standard InChI is InChI=1S/C26H19F2N9O12S4/c27-20-10-21(33-26(28)32-20)31-11-4-7-18(51(41,42)43)15(8-11)35-36-16-9-19(52(44,45)46)23(30)24(22(16)29)37-34-14-6-5-12-13(25(14)53(47,48)49)2-1-3-17(12)50(38,39)40/h1-10H,29-30H2,(H,31,32,33)(H,38,39,40)(H,41,42,43)(H,44,45,46)(H,47,48,49). The molecule has 4 aromatic carbocycles. The van der Waals surface area contributed by atoms with Gasteiger partial charge >= 0.3 is 6.08 Å². The lowest BCUT2D eigenvalue weighted by molar-refractivity contribution is 0.481. The first-order valence-corrected chi connectivity index (χ1v) is 19.3. The number of nitrogen functional groups attached to an aromatic ring is 2. The summed E-state index contributed by atoms with van der Waals surface area (Å²) in [6.07, 6.45) is -1.45. The van der Waals surface area contributed by atoms with Crippen LogP contribution in [0.5, 0.6) is 0 Å². The number of hydrogen-bond donors (Lipinski definition) is 7. The first-order chi connectivity index (χ1) is 24.4. The zero-order valence-corrected chi connectivity index (χ0v) is 28.8. The van der Waals surface area contributed by atoms with Crippen molar-refractivity contribution in [2.24, 2.45) is 20.5 Å². The predicted molar refractivity (Wildman–Crippen MR) is 178 cm³/mol. The number of nitrogens with two attached hydrogens (primary N) is 2. The van der Waals surface area contributed by atoms with E-state index in [2.05, 4.69) is 35.7 Å². The Morgan fingerprint density at radius 2 is 1.21 bits per heavy atom. The quantitative estimate of drug-likeness (QED) is 0.0332. The van der Waals surface area contributed by atoms with E-state index in [1.165, 1.54) is 0 Å². The number of aromatic nitrogens is 2. The number of hydrogen-bond acceptors (Lipinski definition) is 17. The molecule has 27 heteroatoms. The summed E-state index contributed by atoms with van der Waals surface area (Å²) in [6, 6.07) is 8.86. The highest BCUT2D eigenvalue weighted by molar-refractivity contribution is 7.87. The van der Waals surface area contributed by atoms with Crippen LogP contribution in [0, 0.1) is 12.0 Å². The molecule has 0 atom stereocenters. The second kappa shape index (κ2) is 13.7. The predicted octanol–water partition coefficient (Wildman–Crippen LogP) is 4.63. The minimum atomic E-state index is -5.25. The Kier molecular flexibility index (Phi) is 9.97. The first kappa shape index (κ1) is 38.5. The number of nitrogens with one attached hydrogen (secondary N) is 1. The van der Waals surface area contributed by atoms with Crippen LogP contribution in [0.3, 0.4) is 0 Å². The van der Waals surface area contributed by atoms with Crippen LogP contribution in [0.15, 0.2) is 101 Å². The maximum Gasteiger partial charge on any atom is 0.313 e. The SMILES string of the molecule is Nc1c(N=Nc2cc(Nc3cc(F)nc(F)n3)ccc2S(=O)(=O)O)cc(S(=O)(=O)O)c(N)c1N=Nc1ccc2c(S(=O)(=O)O)cccc2c1S(=O)(=O)O. The fourth-order valence-electron chi connectivity index (χ4n) is 4.64. The molecule has 9 N–H and O–H groups in total. The number of benzene rings is 4. The summed E-state index contributed by atoms with van der Waals surface area (Å²) in [5, 5.41) is 16.3. The molecule has 278 valence electrons. The van der Waals surface area contributed by atoms with Crippen molar-refractivity contribution in [3.63, 3.8) is 0 Å². The maximum absolute atomic E-state index is 13.6. The summed E-state index contributed by atoms with van der Waals surface area (Å²) in [7, 11) is -20.4. The summed E-state index contributed by atoms with van der Waals surface area (Å²) in [6.45, 7) is 0. The Bertz CT molecular complexity index is 2860. The molecule has 0 saturated heterocycles. The van der Waals surface area contributed by atoms with Gasteiger partial charge in [0.15, 0.2) is 0 Å². The molecule has 0 saturated carbocycles. The Morgan fingerprint density at radius 1 is 0.585 bits per heavy atom. The normalized spacial score (nSPS) is 12.9. The van der Waals surface area contributed by atoms with Gasteiger partial charge < -0.3 is 16.8 Å². The molecular formula is C26H19F2N9O12S4. The lowest BCUT2D eigenvalue weighted by atomic mass is 10.1. The summed E-state index contributed by atoms with van der Waals surface area (Å²) in [5.41, 5.74) is 7.42. The van der Waals surface area contributed by atoms with Crippen molar-refractivity contribution >= 4 is 96.9 Å².